The summed E-state index contributed by atoms with van der Waals surface area (Å²) in [5, 5.41) is 14.6. The molecule has 0 aliphatic carbocycles. The molecular formula is C19H19N3O5. The van der Waals surface area contributed by atoms with Crippen LogP contribution in [-0.2, 0) is 0 Å². The summed E-state index contributed by atoms with van der Waals surface area (Å²) >= 11 is 0. The molecule has 0 aliphatic rings. The molecule has 3 N–H and O–H groups in total. The second-order valence-electron chi connectivity index (χ2n) is 5.54. The van der Waals surface area contributed by atoms with Gasteiger partial charge in [0.2, 0.25) is 0 Å². The Morgan fingerprint density at radius 2 is 1.89 bits per heavy atom. The van der Waals surface area contributed by atoms with Crippen molar-refractivity contribution in [2.24, 2.45) is 5.10 Å². The monoisotopic (exact) mass is 369 g/mol. The fourth-order valence-electron chi connectivity index (χ4n) is 2.68. The SMILES string of the molecule is COc1cccc(/C=N/NC(=O)c2cc3c(OC)c(OC)ccc3[nH]2)c1O. The normalized spacial score (nSPS) is 10.9. The molecular weight excluding hydrogens is 350 g/mol. The van der Waals surface area contributed by atoms with Crippen molar-refractivity contribution < 1.29 is 24.1 Å². The number of carbonyl (C=O) groups excluding carboxylic acids is 1. The number of phenolic OH excluding ortho intramolecular Hbond substituents is 1. The van der Waals surface area contributed by atoms with Crippen molar-refractivity contribution in [3.8, 4) is 23.0 Å². The van der Waals surface area contributed by atoms with Crippen LogP contribution in [0.3, 0.4) is 0 Å². The Labute approximate surface area is 155 Å². The van der Waals surface area contributed by atoms with E-state index < -0.39 is 5.91 Å². The Balaban J connectivity index is 1.81. The molecule has 1 heterocycles. The topological polar surface area (TPSA) is 105 Å². The van der Waals surface area contributed by atoms with Gasteiger partial charge in [-0.25, -0.2) is 5.43 Å². The summed E-state index contributed by atoms with van der Waals surface area (Å²) in [6.45, 7) is 0. The largest absolute Gasteiger partial charge is 0.504 e. The second kappa shape index (κ2) is 7.69. The molecule has 8 heteroatoms. The van der Waals surface area contributed by atoms with Crippen molar-refractivity contribution in [3.63, 3.8) is 0 Å². The van der Waals surface area contributed by atoms with E-state index in [2.05, 4.69) is 15.5 Å². The third kappa shape index (κ3) is 3.50. The maximum absolute atomic E-state index is 12.4. The zero-order valence-corrected chi connectivity index (χ0v) is 15.1. The number of hydrogen-bond acceptors (Lipinski definition) is 6. The number of ether oxygens (including phenoxy) is 3. The number of aromatic amines is 1. The van der Waals surface area contributed by atoms with E-state index in [-0.39, 0.29) is 5.75 Å². The number of nitrogens with one attached hydrogen (secondary N) is 2. The molecule has 1 amide bonds. The van der Waals surface area contributed by atoms with E-state index in [0.29, 0.717) is 28.5 Å². The lowest BCUT2D eigenvalue weighted by molar-refractivity contribution is 0.0951. The highest BCUT2D eigenvalue weighted by Crippen LogP contribution is 2.35. The minimum Gasteiger partial charge on any atom is -0.504 e. The van der Waals surface area contributed by atoms with Crippen LogP contribution in [0.25, 0.3) is 10.9 Å². The zero-order chi connectivity index (χ0) is 19.4. The van der Waals surface area contributed by atoms with E-state index in [0.717, 1.165) is 10.9 Å². The molecule has 2 aromatic carbocycles. The van der Waals surface area contributed by atoms with Crippen LogP contribution in [0.5, 0.6) is 23.0 Å². The number of aromatic hydroxyl groups is 1. The first kappa shape index (κ1) is 18.1. The Morgan fingerprint density at radius 3 is 2.59 bits per heavy atom. The highest BCUT2D eigenvalue weighted by Gasteiger charge is 2.15. The van der Waals surface area contributed by atoms with Gasteiger partial charge in [0, 0.05) is 10.9 Å². The zero-order valence-electron chi connectivity index (χ0n) is 15.1. The van der Waals surface area contributed by atoms with Gasteiger partial charge in [0.15, 0.2) is 23.0 Å². The number of rotatable bonds is 6. The number of methoxy groups -OCH3 is 3. The van der Waals surface area contributed by atoms with E-state index in [9.17, 15) is 9.90 Å². The smallest absolute Gasteiger partial charge is 0.287 e. The Hall–Kier alpha value is -3.68. The molecule has 0 aliphatic heterocycles. The van der Waals surface area contributed by atoms with Crippen LogP contribution >= 0.6 is 0 Å². The number of phenols is 1. The van der Waals surface area contributed by atoms with Crippen molar-refractivity contribution in [3.05, 3.63) is 47.7 Å². The Kier molecular flexibility index (Phi) is 5.16. The molecule has 8 nitrogen and oxygen atoms in total. The van der Waals surface area contributed by atoms with Gasteiger partial charge in [0.05, 0.1) is 33.1 Å². The van der Waals surface area contributed by atoms with Gasteiger partial charge in [-0.05, 0) is 30.3 Å². The van der Waals surface area contributed by atoms with Gasteiger partial charge in [0.1, 0.15) is 5.69 Å². The fraction of sp³-hybridized carbons (Fsp3) is 0.158. The van der Waals surface area contributed by atoms with Crippen molar-refractivity contribution in [1.29, 1.82) is 0 Å². The van der Waals surface area contributed by atoms with Crippen LogP contribution in [0.1, 0.15) is 16.1 Å². The summed E-state index contributed by atoms with van der Waals surface area (Å²) in [6.07, 6.45) is 1.34. The van der Waals surface area contributed by atoms with Gasteiger partial charge >= 0.3 is 0 Å². The van der Waals surface area contributed by atoms with Gasteiger partial charge in [-0.15, -0.1) is 0 Å². The van der Waals surface area contributed by atoms with Crippen LogP contribution in [0.15, 0.2) is 41.5 Å². The lowest BCUT2D eigenvalue weighted by Gasteiger charge is -2.07. The number of para-hydroxylation sites is 1. The fourth-order valence-corrected chi connectivity index (χ4v) is 2.68. The lowest BCUT2D eigenvalue weighted by Crippen LogP contribution is -2.17. The molecule has 140 valence electrons. The summed E-state index contributed by atoms with van der Waals surface area (Å²) in [6, 6.07) is 10.2. The van der Waals surface area contributed by atoms with E-state index in [4.69, 9.17) is 14.2 Å². The third-order valence-electron chi connectivity index (χ3n) is 4.01. The number of H-pyrrole nitrogens is 1. The van der Waals surface area contributed by atoms with E-state index in [1.165, 1.54) is 20.4 Å². The average Bonchev–Trinajstić information content (AvgIpc) is 3.12. The first-order valence-electron chi connectivity index (χ1n) is 8.02. The number of hydrogen-bond donors (Lipinski definition) is 3. The quantitative estimate of drug-likeness (QED) is 0.458. The summed E-state index contributed by atoms with van der Waals surface area (Å²) < 4.78 is 15.7. The second-order valence-corrected chi connectivity index (χ2v) is 5.54. The van der Waals surface area contributed by atoms with Crippen LogP contribution in [0, 0.1) is 0 Å². The molecule has 0 bridgehead atoms. The summed E-state index contributed by atoms with van der Waals surface area (Å²) in [5.74, 6) is 0.936. The molecule has 1 aromatic heterocycles. The number of aromatic nitrogens is 1. The van der Waals surface area contributed by atoms with E-state index in [1.807, 2.05) is 0 Å². The van der Waals surface area contributed by atoms with E-state index in [1.54, 1.807) is 43.5 Å². The lowest BCUT2D eigenvalue weighted by atomic mass is 10.2. The minimum atomic E-state index is -0.439. The first-order valence-corrected chi connectivity index (χ1v) is 8.02. The standard InChI is InChI=1S/C19H19N3O5/c1-25-15-6-4-5-11(17(15)23)10-20-22-19(24)14-9-12-13(21-14)7-8-16(26-2)18(12)27-3/h4-10,21,23H,1-3H3,(H,22,24)/b20-10+. The highest BCUT2D eigenvalue weighted by molar-refractivity contribution is 6.00. The average molecular weight is 369 g/mol. The van der Waals surface area contributed by atoms with Crippen LogP contribution < -0.4 is 19.6 Å². The van der Waals surface area contributed by atoms with Gasteiger partial charge < -0.3 is 24.3 Å². The van der Waals surface area contributed by atoms with Gasteiger partial charge in [-0.1, -0.05) is 6.07 Å². The predicted octanol–water partition coefficient (Wildman–Crippen LogP) is 2.66. The van der Waals surface area contributed by atoms with Crippen molar-refractivity contribution in [2.75, 3.05) is 21.3 Å². The third-order valence-corrected chi connectivity index (χ3v) is 4.01. The number of hydrazone groups is 1. The van der Waals surface area contributed by atoms with Crippen LogP contribution in [0.4, 0.5) is 0 Å². The van der Waals surface area contributed by atoms with Gasteiger partial charge in [-0.3, -0.25) is 4.79 Å². The van der Waals surface area contributed by atoms with Crippen molar-refractivity contribution in [2.45, 2.75) is 0 Å². The molecule has 0 atom stereocenters. The summed E-state index contributed by atoms with van der Waals surface area (Å²) in [5.41, 5.74) is 3.87. The molecule has 0 fully saturated rings. The van der Waals surface area contributed by atoms with Crippen molar-refractivity contribution >= 4 is 23.0 Å². The van der Waals surface area contributed by atoms with Crippen LogP contribution in [0.2, 0.25) is 0 Å². The Morgan fingerprint density at radius 1 is 1.11 bits per heavy atom. The predicted molar refractivity (Wildman–Crippen MR) is 101 cm³/mol. The molecule has 0 saturated carbocycles. The van der Waals surface area contributed by atoms with Gasteiger partial charge in [-0.2, -0.15) is 5.10 Å². The van der Waals surface area contributed by atoms with E-state index >= 15 is 0 Å². The van der Waals surface area contributed by atoms with Crippen LogP contribution in [-0.4, -0.2) is 43.5 Å². The number of amides is 1. The number of fused-ring (bicyclic) bond motifs is 1. The first-order chi connectivity index (χ1) is 13.1. The number of nitrogens with zero attached hydrogens (tertiary/aromatic N) is 1. The molecule has 3 rings (SSSR count). The summed E-state index contributed by atoms with van der Waals surface area (Å²) in [7, 11) is 4.54. The van der Waals surface area contributed by atoms with Gasteiger partial charge in [0.25, 0.3) is 5.91 Å². The summed E-state index contributed by atoms with van der Waals surface area (Å²) in [4.78, 5) is 15.4. The molecule has 0 radical (unpaired) electrons. The maximum Gasteiger partial charge on any atom is 0.287 e. The molecule has 0 unspecified atom stereocenters. The minimum absolute atomic E-state index is 0.0551. The molecule has 3 aromatic rings. The number of carbonyl (C=O) groups is 1. The number of benzene rings is 2. The molecule has 27 heavy (non-hydrogen) atoms. The molecule has 0 saturated heterocycles. The van der Waals surface area contributed by atoms with Crippen molar-refractivity contribution in [1.82, 2.24) is 10.4 Å². The maximum atomic E-state index is 12.4. The molecule has 0 spiro atoms. The highest BCUT2D eigenvalue weighted by atomic mass is 16.5. The Bertz CT molecular complexity index is 1010.